The molecule has 5 atom stereocenters. The van der Waals surface area contributed by atoms with E-state index in [1.807, 2.05) is 0 Å². The molecule has 0 bridgehead atoms. The maximum absolute atomic E-state index is 11.9. The summed E-state index contributed by atoms with van der Waals surface area (Å²) in [4.78, 5) is 53.8. The maximum atomic E-state index is 11.9. The number of hydrogen-bond acceptors (Lipinski definition) is 11. The number of aliphatic hydroxyl groups is 1. The number of hydrogen-bond donors (Lipinski definition) is 7. The molecule has 2 aromatic rings. The van der Waals surface area contributed by atoms with Crippen molar-refractivity contribution in [3.8, 4) is 0 Å². The molecular weight excluding hydrogens is 489 g/mol. The van der Waals surface area contributed by atoms with Gasteiger partial charge in [0.1, 0.15) is 12.3 Å². The molecule has 31 heavy (non-hydrogen) atoms. The monoisotopic (exact) mass is 506 g/mol. The van der Waals surface area contributed by atoms with E-state index >= 15 is 0 Å². The first-order valence-corrected chi connectivity index (χ1v) is 12.7. The highest BCUT2D eigenvalue weighted by molar-refractivity contribution is 7.66. The third-order valence-electron chi connectivity index (χ3n) is 3.93. The van der Waals surface area contributed by atoms with Crippen LogP contribution < -0.4 is 11.3 Å². The Morgan fingerprint density at radius 1 is 1.23 bits per heavy atom. The van der Waals surface area contributed by atoms with Crippen LogP contribution in [0.2, 0.25) is 0 Å². The highest BCUT2D eigenvalue weighted by Crippen LogP contribution is 2.66. The molecule has 1 fully saturated rings. The van der Waals surface area contributed by atoms with Crippen molar-refractivity contribution in [3.05, 3.63) is 22.6 Å². The van der Waals surface area contributed by atoms with Crippen molar-refractivity contribution in [2.45, 2.75) is 24.9 Å². The molecule has 2 aromatic heterocycles. The second kappa shape index (κ2) is 8.48. The van der Waals surface area contributed by atoms with Crippen molar-refractivity contribution in [1.82, 2.24) is 14.5 Å². The molecule has 3 rings (SSSR count). The van der Waals surface area contributed by atoms with Crippen molar-refractivity contribution < 1.29 is 56.3 Å². The summed E-state index contributed by atoms with van der Waals surface area (Å²) in [5, 5.41) is 10.3. The van der Waals surface area contributed by atoms with Gasteiger partial charge in [0.15, 0.2) is 5.65 Å². The Bertz CT molecular complexity index is 1170. The van der Waals surface area contributed by atoms with Gasteiger partial charge in [-0.05, 0) is 6.07 Å². The third-order valence-corrected chi connectivity index (χ3v) is 7.73. The lowest BCUT2D eigenvalue weighted by Crippen LogP contribution is -2.26. The maximum Gasteiger partial charge on any atom is 0.490 e. The first-order chi connectivity index (χ1) is 14.2. The summed E-state index contributed by atoms with van der Waals surface area (Å²) in [5.41, 5.74) is 5.19. The fourth-order valence-corrected chi connectivity index (χ4v) is 5.83. The molecule has 1 aliphatic rings. The Hall–Kier alpha value is -1.45. The van der Waals surface area contributed by atoms with Crippen LogP contribution in [0.1, 0.15) is 12.6 Å². The summed E-state index contributed by atoms with van der Waals surface area (Å²) < 4.78 is 52.3. The summed E-state index contributed by atoms with van der Waals surface area (Å²) in [6, 6.07) is 1.44. The molecule has 1 saturated heterocycles. The van der Waals surface area contributed by atoms with E-state index in [0.717, 1.165) is 0 Å². The molecule has 174 valence electrons. The lowest BCUT2D eigenvalue weighted by molar-refractivity contribution is -0.0421. The van der Waals surface area contributed by atoms with Crippen LogP contribution in [0.4, 0.5) is 5.95 Å². The SMILES string of the molecule is Nc1nc2c(ccn2[C@H]2C[C@H](O)[C@@H](COP(=O)(O)OP(=O)(O)OP(=O)(O)O)O2)c(=O)[nH]1. The predicted molar refractivity (Wildman–Crippen MR) is 99.1 cm³/mol. The number of nitrogen functional groups attached to an aromatic ring is 1. The number of nitrogens with two attached hydrogens (primary N) is 1. The Labute approximate surface area is 171 Å². The zero-order valence-corrected chi connectivity index (χ0v) is 17.8. The average molecular weight is 506 g/mol. The number of H-pyrrole nitrogens is 1. The van der Waals surface area contributed by atoms with Gasteiger partial charge in [-0.2, -0.15) is 13.6 Å². The van der Waals surface area contributed by atoms with Crippen molar-refractivity contribution in [2.75, 3.05) is 12.3 Å². The molecule has 1 aliphatic heterocycles. The molecular formula is C11H17N4O13P3. The molecule has 0 aliphatic carbocycles. The van der Waals surface area contributed by atoms with Crippen LogP contribution in [0.15, 0.2) is 17.1 Å². The molecule has 0 amide bonds. The van der Waals surface area contributed by atoms with Crippen LogP contribution in [-0.4, -0.2) is 58.0 Å². The number of nitrogens with one attached hydrogen (secondary N) is 1. The molecule has 0 aromatic carbocycles. The quantitative estimate of drug-likeness (QED) is 0.218. The summed E-state index contributed by atoms with van der Waals surface area (Å²) >= 11 is 0. The van der Waals surface area contributed by atoms with Gasteiger partial charge in [0.25, 0.3) is 5.56 Å². The minimum absolute atomic E-state index is 0.0530. The average Bonchev–Trinajstić information content (AvgIpc) is 3.13. The second-order valence-corrected chi connectivity index (χ2v) is 10.7. The smallest absolute Gasteiger partial charge is 0.390 e. The van der Waals surface area contributed by atoms with Gasteiger partial charge in [-0.15, -0.1) is 0 Å². The van der Waals surface area contributed by atoms with E-state index in [9.17, 15) is 28.5 Å². The molecule has 2 unspecified atom stereocenters. The number of rotatable bonds is 8. The van der Waals surface area contributed by atoms with Crippen LogP contribution >= 0.6 is 23.5 Å². The van der Waals surface area contributed by atoms with E-state index < -0.39 is 54.1 Å². The lowest BCUT2D eigenvalue weighted by atomic mass is 10.2. The highest BCUT2D eigenvalue weighted by atomic mass is 31.3. The molecule has 17 nitrogen and oxygen atoms in total. The number of anilines is 1. The van der Waals surface area contributed by atoms with Crippen molar-refractivity contribution in [3.63, 3.8) is 0 Å². The summed E-state index contributed by atoms with van der Waals surface area (Å²) in [6.07, 6.45) is -1.95. The molecule has 8 N–H and O–H groups in total. The normalized spacial score (nSPS) is 26.0. The van der Waals surface area contributed by atoms with Crippen LogP contribution in [0.25, 0.3) is 11.0 Å². The highest BCUT2D eigenvalue weighted by Gasteiger charge is 2.43. The predicted octanol–water partition coefficient (Wildman–Crippen LogP) is -0.702. The van der Waals surface area contributed by atoms with Crippen LogP contribution in [-0.2, 0) is 31.6 Å². The van der Waals surface area contributed by atoms with E-state index in [1.165, 1.54) is 16.8 Å². The number of fused-ring (bicyclic) bond motifs is 1. The second-order valence-electron chi connectivity index (χ2n) is 6.23. The van der Waals surface area contributed by atoms with Crippen molar-refractivity contribution in [2.24, 2.45) is 0 Å². The fraction of sp³-hybridized carbons (Fsp3) is 0.455. The third kappa shape index (κ3) is 6.08. The zero-order valence-electron chi connectivity index (χ0n) is 15.1. The van der Waals surface area contributed by atoms with Gasteiger partial charge in [0, 0.05) is 12.6 Å². The summed E-state index contributed by atoms with van der Waals surface area (Å²) in [5.74, 6) is -0.153. The van der Waals surface area contributed by atoms with Crippen molar-refractivity contribution >= 4 is 40.4 Å². The number of aliphatic hydroxyl groups excluding tert-OH is 1. The minimum Gasteiger partial charge on any atom is -0.390 e. The van der Waals surface area contributed by atoms with Crippen LogP contribution in [0.5, 0.6) is 0 Å². The Morgan fingerprint density at radius 3 is 2.55 bits per heavy atom. The molecule has 0 saturated carbocycles. The van der Waals surface area contributed by atoms with Crippen LogP contribution in [0, 0.1) is 0 Å². The van der Waals surface area contributed by atoms with E-state index in [1.54, 1.807) is 0 Å². The number of aromatic amines is 1. The Kier molecular flexibility index (Phi) is 6.62. The largest absolute Gasteiger partial charge is 0.490 e. The van der Waals surface area contributed by atoms with E-state index in [-0.39, 0.29) is 23.4 Å². The van der Waals surface area contributed by atoms with E-state index in [4.69, 9.17) is 25.2 Å². The molecule has 0 radical (unpaired) electrons. The molecule has 20 heteroatoms. The van der Waals surface area contributed by atoms with E-state index in [0.29, 0.717) is 0 Å². The first-order valence-electron chi connectivity index (χ1n) is 8.14. The van der Waals surface area contributed by atoms with Crippen molar-refractivity contribution in [1.29, 1.82) is 0 Å². The zero-order chi connectivity index (χ0) is 23.2. The Balaban J connectivity index is 1.67. The number of ether oxygens (including phenoxy) is 1. The van der Waals surface area contributed by atoms with Gasteiger partial charge in [-0.25, -0.2) is 13.7 Å². The molecule has 0 spiro atoms. The Morgan fingerprint density at radius 2 is 1.90 bits per heavy atom. The van der Waals surface area contributed by atoms with Gasteiger partial charge in [-0.3, -0.25) is 14.3 Å². The van der Waals surface area contributed by atoms with Crippen LogP contribution in [0.3, 0.4) is 0 Å². The number of nitrogens with zero attached hydrogens (tertiary/aromatic N) is 2. The van der Waals surface area contributed by atoms with Gasteiger partial charge < -0.3 is 39.7 Å². The van der Waals surface area contributed by atoms with Gasteiger partial charge >= 0.3 is 23.5 Å². The fourth-order valence-electron chi connectivity index (χ4n) is 2.80. The molecule has 3 heterocycles. The minimum atomic E-state index is -5.66. The first kappa shape index (κ1) is 24.2. The van der Waals surface area contributed by atoms with Gasteiger partial charge in [0.2, 0.25) is 5.95 Å². The summed E-state index contributed by atoms with van der Waals surface area (Å²) in [6.45, 7) is -0.823. The number of phosphoric ester groups is 1. The standard InChI is InChI=1S/C11H17N4O13P3/c12-11-13-9-5(10(17)14-11)1-2-15(9)8-3-6(16)7(26-8)4-25-30(21,22)28-31(23,24)27-29(18,19)20/h1-2,6-8,16H,3-4H2,(H,21,22)(H,23,24)(H2,18,19,20)(H3,12,13,14,17)/t6-,7+,8+/m0/s1. The topological polar surface area (TPSA) is 266 Å². The van der Waals surface area contributed by atoms with E-state index in [2.05, 4.69) is 23.1 Å². The number of phosphoric acid groups is 3. The number of aromatic nitrogens is 3. The lowest BCUT2D eigenvalue weighted by Gasteiger charge is -2.19. The summed E-state index contributed by atoms with van der Waals surface area (Å²) in [7, 11) is -16.5. The van der Waals surface area contributed by atoms with Gasteiger partial charge in [-0.1, -0.05) is 0 Å². The van der Waals surface area contributed by atoms with Gasteiger partial charge in [0.05, 0.1) is 18.1 Å².